The lowest BCUT2D eigenvalue weighted by Crippen LogP contribution is -2.55. The highest BCUT2D eigenvalue weighted by atomic mass is 31.1. The highest BCUT2D eigenvalue weighted by Gasteiger charge is 2.53. The summed E-state index contributed by atoms with van der Waals surface area (Å²) in [6.07, 6.45) is 26.7. The van der Waals surface area contributed by atoms with Gasteiger partial charge in [0.1, 0.15) is 0 Å². The van der Waals surface area contributed by atoms with Gasteiger partial charge in [-0.3, -0.25) is 4.48 Å². The van der Waals surface area contributed by atoms with Crippen LogP contribution in [0.4, 0.5) is 0 Å². The van der Waals surface area contributed by atoms with Crippen molar-refractivity contribution in [3.63, 3.8) is 0 Å². The fourth-order valence-corrected chi connectivity index (χ4v) is 5.69. The van der Waals surface area contributed by atoms with Gasteiger partial charge < -0.3 is 4.89 Å². The third-order valence-corrected chi connectivity index (χ3v) is 8.30. The van der Waals surface area contributed by atoms with Crippen molar-refractivity contribution in [3.05, 3.63) is 12.2 Å². The maximum absolute atomic E-state index is 12.1. The lowest BCUT2D eigenvalue weighted by molar-refractivity contribution is -0.910. The molecule has 30 heavy (non-hydrogen) atoms. The van der Waals surface area contributed by atoms with Crippen molar-refractivity contribution >= 4 is 8.03 Å². The number of allylic oxidation sites excluding steroid dienone is 2. The van der Waals surface area contributed by atoms with Crippen LogP contribution >= 0.6 is 8.03 Å². The van der Waals surface area contributed by atoms with Gasteiger partial charge in [-0.15, -0.1) is 0 Å². The van der Waals surface area contributed by atoms with E-state index < -0.39 is 13.3 Å². The normalized spacial score (nSPS) is 14.9. The average molecular weight is 443 g/mol. The Labute approximate surface area is 190 Å². The maximum Gasteiger partial charge on any atom is 0.376 e. The number of hydrogen-bond donors (Lipinski definition) is 0. The van der Waals surface area contributed by atoms with E-state index in [1.807, 2.05) is 21.1 Å². The summed E-state index contributed by atoms with van der Waals surface area (Å²) in [6, 6.07) is 0. The number of hydrogen-bond acceptors (Lipinski definition) is 2. The van der Waals surface area contributed by atoms with Crippen LogP contribution in [0, 0.1) is 0 Å². The summed E-state index contributed by atoms with van der Waals surface area (Å²) in [6.45, 7) is 4.35. The van der Waals surface area contributed by atoms with E-state index in [-0.39, 0.29) is 0 Å². The zero-order valence-corrected chi connectivity index (χ0v) is 22.0. The van der Waals surface area contributed by atoms with Gasteiger partial charge in [0.05, 0.1) is 21.1 Å². The van der Waals surface area contributed by atoms with E-state index >= 15 is 0 Å². The van der Waals surface area contributed by atoms with Crippen molar-refractivity contribution in [1.29, 1.82) is 0 Å². The second-order valence-corrected chi connectivity index (χ2v) is 11.4. The molecule has 178 valence electrons. The van der Waals surface area contributed by atoms with Crippen LogP contribution in [0.1, 0.15) is 129 Å². The molecule has 0 saturated heterocycles. The minimum Gasteiger partial charge on any atom is -0.590 e. The topological polar surface area (TPSA) is 40.1 Å². The van der Waals surface area contributed by atoms with Gasteiger partial charge in [0, 0.05) is 12.8 Å². The molecule has 2 atom stereocenters. The predicted octanol–water partition coefficient (Wildman–Crippen LogP) is 8.11. The molecule has 0 spiro atoms. The molecule has 0 aliphatic carbocycles. The van der Waals surface area contributed by atoms with E-state index in [1.54, 1.807) is 0 Å². The highest BCUT2D eigenvalue weighted by molar-refractivity contribution is 7.38. The van der Waals surface area contributed by atoms with Crippen molar-refractivity contribution in [2.45, 2.75) is 135 Å². The lowest BCUT2D eigenvalue weighted by Gasteiger charge is -2.39. The molecule has 2 unspecified atom stereocenters. The van der Waals surface area contributed by atoms with Gasteiger partial charge in [0.15, 0.2) is 0 Å². The minimum absolute atomic E-state index is 0.522. The number of rotatable bonds is 21. The molecule has 0 saturated carbocycles. The molecule has 0 aromatic carbocycles. The Bertz CT molecular complexity index is 445. The Morgan fingerprint density at radius 2 is 1.10 bits per heavy atom. The third kappa shape index (κ3) is 13.2. The molecule has 0 radical (unpaired) electrons. The van der Waals surface area contributed by atoms with E-state index in [0.717, 1.165) is 25.7 Å². The Morgan fingerprint density at radius 3 is 1.50 bits per heavy atom. The van der Waals surface area contributed by atoms with Crippen LogP contribution in [0.5, 0.6) is 0 Å². The van der Waals surface area contributed by atoms with Gasteiger partial charge in [-0.1, -0.05) is 94.8 Å². The standard InChI is InChI=1S/C26H53NO2P/c1-6-8-9-10-11-12-13-14-15-16-17-18-19-20-21-22-23-25-26(24-7-2,30(28)29)27(3,4)5/h11-12H,6-10,13-25H2,1-5H3/q+1/b12-11-. The van der Waals surface area contributed by atoms with Crippen molar-refractivity contribution in [2.24, 2.45) is 0 Å². The Balaban J connectivity index is 3.68. The van der Waals surface area contributed by atoms with E-state index in [1.165, 1.54) is 89.9 Å². The van der Waals surface area contributed by atoms with Crippen LogP contribution in [-0.4, -0.2) is 30.9 Å². The first-order valence-corrected chi connectivity index (χ1v) is 14.1. The summed E-state index contributed by atoms with van der Waals surface area (Å²) in [5.74, 6) is 0. The monoisotopic (exact) mass is 442 g/mol. The third-order valence-electron chi connectivity index (χ3n) is 6.58. The van der Waals surface area contributed by atoms with Crippen LogP contribution in [0.3, 0.4) is 0 Å². The lowest BCUT2D eigenvalue weighted by atomic mass is 9.99. The average Bonchev–Trinajstić information content (AvgIpc) is 2.68. The predicted molar refractivity (Wildman–Crippen MR) is 132 cm³/mol. The van der Waals surface area contributed by atoms with Gasteiger partial charge in [0.2, 0.25) is 0 Å². The molecule has 3 nitrogen and oxygen atoms in total. The first-order chi connectivity index (χ1) is 14.3. The highest BCUT2D eigenvalue weighted by Crippen LogP contribution is 2.45. The van der Waals surface area contributed by atoms with Gasteiger partial charge >= 0.3 is 8.03 Å². The zero-order chi connectivity index (χ0) is 22.7. The number of unbranched alkanes of at least 4 members (excludes halogenated alkanes) is 13. The fourth-order valence-electron chi connectivity index (χ4n) is 4.46. The Morgan fingerprint density at radius 1 is 0.667 bits per heavy atom. The Kier molecular flexibility index (Phi) is 18.2. The van der Waals surface area contributed by atoms with Crippen LogP contribution in [0.15, 0.2) is 12.2 Å². The van der Waals surface area contributed by atoms with Crippen molar-refractivity contribution < 1.29 is 13.9 Å². The molecule has 0 heterocycles. The summed E-state index contributed by atoms with van der Waals surface area (Å²) in [5.41, 5.74) is 0. The molecule has 4 heteroatoms. The second-order valence-electron chi connectivity index (χ2n) is 10.0. The quantitative estimate of drug-likeness (QED) is 0.0779. The van der Waals surface area contributed by atoms with Gasteiger partial charge in [-0.05, 0) is 38.5 Å². The molecule has 0 rings (SSSR count). The van der Waals surface area contributed by atoms with E-state index in [0.29, 0.717) is 4.48 Å². The van der Waals surface area contributed by atoms with Crippen LogP contribution in [-0.2, 0) is 4.57 Å². The van der Waals surface area contributed by atoms with E-state index in [2.05, 4.69) is 26.0 Å². The molecule has 0 aliphatic rings. The molecular formula is C26H53NO2P+. The van der Waals surface area contributed by atoms with Crippen molar-refractivity contribution in [3.8, 4) is 0 Å². The van der Waals surface area contributed by atoms with Crippen LogP contribution in [0.2, 0.25) is 0 Å². The van der Waals surface area contributed by atoms with Gasteiger partial charge in [-0.25, -0.2) is 0 Å². The van der Waals surface area contributed by atoms with Gasteiger partial charge in [-0.2, -0.15) is 0 Å². The molecular weight excluding hydrogens is 389 g/mol. The summed E-state index contributed by atoms with van der Waals surface area (Å²) < 4.78 is 12.6. The number of nitrogens with zero attached hydrogens (tertiary/aromatic N) is 1. The van der Waals surface area contributed by atoms with Gasteiger partial charge in [0.25, 0.3) is 5.28 Å². The summed E-state index contributed by atoms with van der Waals surface area (Å²) in [4.78, 5) is 12.1. The molecule has 0 aromatic heterocycles. The van der Waals surface area contributed by atoms with E-state index in [9.17, 15) is 9.46 Å². The minimum atomic E-state index is -2.42. The SMILES string of the molecule is CCCCC/C=C\CCCCCCCCCCCCC(CCC)([P+](=O)[O-])[N+](C)(C)C. The maximum atomic E-state index is 12.1. The smallest absolute Gasteiger partial charge is 0.376 e. The summed E-state index contributed by atoms with van der Waals surface area (Å²) in [5, 5.41) is -0.589. The first kappa shape index (κ1) is 29.8. The first-order valence-electron chi connectivity index (χ1n) is 12.9. The fraction of sp³-hybridized carbons (Fsp3) is 0.923. The van der Waals surface area contributed by atoms with Crippen LogP contribution in [0.25, 0.3) is 0 Å². The largest absolute Gasteiger partial charge is 0.590 e. The summed E-state index contributed by atoms with van der Waals surface area (Å²) >= 11 is 0. The van der Waals surface area contributed by atoms with E-state index in [4.69, 9.17) is 0 Å². The second kappa shape index (κ2) is 18.3. The molecule has 0 bridgehead atoms. The number of quaternary nitrogens is 1. The zero-order valence-electron chi connectivity index (χ0n) is 21.1. The molecule has 0 aromatic rings. The molecule has 0 N–H and O–H groups in total. The summed E-state index contributed by atoms with van der Waals surface area (Å²) in [7, 11) is 3.68. The molecule has 0 amide bonds. The molecule has 0 aliphatic heterocycles. The van der Waals surface area contributed by atoms with Crippen molar-refractivity contribution in [2.75, 3.05) is 21.1 Å². The van der Waals surface area contributed by atoms with Crippen molar-refractivity contribution in [1.82, 2.24) is 0 Å². The van der Waals surface area contributed by atoms with Crippen LogP contribution < -0.4 is 4.89 Å². The Hall–Kier alpha value is -0.240. The molecule has 0 fully saturated rings.